The minimum absolute atomic E-state index is 0.210. The van der Waals surface area contributed by atoms with Crippen molar-refractivity contribution in [2.75, 3.05) is 17.4 Å². The highest BCUT2D eigenvalue weighted by molar-refractivity contribution is 5.94. The van der Waals surface area contributed by atoms with Crippen LogP contribution >= 0.6 is 0 Å². The third-order valence-corrected chi connectivity index (χ3v) is 6.78. The van der Waals surface area contributed by atoms with Gasteiger partial charge in [0.25, 0.3) is 11.1 Å². The quantitative estimate of drug-likeness (QED) is 0.281. The van der Waals surface area contributed by atoms with Gasteiger partial charge >= 0.3 is 0 Å². The van der Waals surface area contributed by atoms with Crippen molar-refractivity contribution in [3.05, 3.63) is 135 Å². The van der Waals surface area contributed by atoms with E-state index >= 15 is 0 Å². The zero-order valence-electron chi connectivity index (χ0n) is 23.6. The van der Waals surface area contributed by atoms with Crippen LogP contribution in [0.3, 0.4) is 0 Å². The topological polar surface area (TPSA) is 97.9 Å². The Kier molecular flexibility index (Phi) is 8.29. The van der Waals surface area contributed by atoms with Gasteiger partial charge < -0.3 is 9.64 Å². The first-order valence-corrected chi connectivity index (χ1v) is 13.5. The van der Waals surface area contributed by atoms with Crippen LogP contribution in [-0.2, 0) is 11.3 Å². The number of nitrogens with zero attached hydrogens (tertiary/aromatic N) is 4. The van der Waals surface area contributed by atoms with Gasteiger partial charge in [-0.25, -0.2) is 0 Å². The van der Waals surface area contributed by atoms with Crippen LogP contribution in [0.15, 0.2) is 124 Å². The molecule has 0 aliphatic carbocycles. The van der Waals surface area contributed by atoms with Crippen LogP contribution in [-0.4, -0.2) is 28.2 Å². The summed E-state index contributed by atoms with van der Waals surface area (Å²) in [6.45, 7) is 3.48. The Bertz CT molecular complexity index is 1900. The minimum Gasteiger partial charge on any atom is -0.497 e. The van der Waals surface area contributed by atoms with Crippen molar-refractivity contribution in [1.82, 2.24) is 9.13 Å². The van der Waals surface area contributed by atoms with E-state index in [1.807, 2.05) is 50.2 Å². The van der Waals surface area contributed by atoms with Crippen molar-refractivity contribution < 1.29 is 9.53 Å². The van der Waals surface area contributed by atoms with Crippen molar-refractivity contribution in [3.63, 3.8) is 0 Å². The second kappa shape index (κ2) is 12.4. The number of hydrogen-bond donors (Lipinski definition) is 1. The smallest absolute Gasteiger partial charge is 0.289 e. The number of aromatic nitrogens is 2. The van der Waals surface area contributed by atoms with E-state index in [4.69, 9.17) is 4.74 Å². The Morgan fingerprint density at radius 2 is 1.40 bits per heavy atom. The lowest BCUT2D eigenvalue weighted by molar-refractivity contribution is -0.119. The molecule has 0 fully saturated rings. The fourth-order valence-corrected chi connectivity index (χ4v) is 4.83. The van der Waals surface area contributed by atoms with Gasteiger partial charge in [-0.15, -0.1) is 0 Å². The van der Waals surface area contributed by atoms with E-state index in [9.17, 15) is 14.4 Å². The van der Waals surface area contributed by atoms with Gasteiger partial charge in [0.15, 0.2) is 0 Å². The Balaban J connectivity index is 1.75. The molecule has 0 bridgehead atoms. The first-order valence-electron chi connectivity index (χ1n) is 13.5. The molecular weight excluding hydrogens is 530 g/mol. The number of amides is 1. The lowest BCUT2D eigenvalue weighted by Crippen LogP contribution is -2.47. The van der Waals surface area contributed by atoms with E-state index in [1.54, 1.807) is 84.8 Å². The molecule has 212 valence electrons. The van der Waals surface area contributed by atoms with Crippen molar-refractivity contribution in [2.24, 2.45) is 5.10 Å². The van der Waals surface area contributed by atoms with Gasteiger partial charge in [0.05, 0.1) is 23.8 Å². The van der Waals surface area contributed by atoms with Crippen LogP contribution in [0.25, 0.3) is 16.7 Å². The first-order chi connectivity index (χ1) is 20.4. The molecule has 42 heavy (non-hydrogen) atoms. The highest BCUT2D eigenvalue weighted by atomic mass is 16.5. The summed E-state index contributed by atoms with van der Waals surface area (Å²) in [6, 6.07) is 32.0. The summed E-state index contributed by atoms with van der Waals surface area (Å²) in [4.78, 5) is 43.8. The van der Waals surface area contributed by atoms with Gasteiger partial charge in [0.2, 0.25) is 11.3 Å². The predicted molar refractivity (Wildman–Crippen MR) is 165 cm³/mol. The maximum Gasteiger partial charge on any atom is 0.289 e. The lowest BCUT2D eigenvalue weighted by Gasteiger charge is -2.27. The molecule has 1 heterocycles. The average Bonchev–Trinajstić information content (AvgIpc) is 3.09. The molecule has 0 saturated heterocycles. The van der Waals surface area contributed by atoms with Crippen LogP contribution in [0, 0.1) is 0 Å². The van der Waals surface area contributed by atoms with Gasteiger partial charge in [0.1, 0.15) is 12.3 Å². The fraction of sp³-hybridized carbons (Fsp3) is 0.152. The maximum atomic E-state index is 14.2. The summed E-state index contributed by atoms with van der Waals surface area (Å²) >= 11 is 0. The maximum absolute atomic E-state index is 14.2. The van der Waals surface area contributed by atoms with Crippen molar-refractivity contribution in [2.45, 2.75) is 26.4 Å². The van der Waals surface area contributed by atoms with Crippen LogP contribution in [0.2, 0.25) is 0 Å². The number of benzene rings is 4. The zero-order valence-corrected chi connectivity index (χ0v) is 23.6. The van der Waals surface area contributed by atoms with Crippen molar-refractivity contribution in [3.8, 4) is 11.4 Å². The molecule has 1 N–H and O–H groups in total. The number of rotatable bonds is 8. The average molecular weight is 562 g/mol. The van der Waals surface area contributed by atoms with Gasteiger partial charge in [-0.1, -0.05) is 48.5 Å². The molecule has 5 aromatic rings. The summed E-state index contributed by atoms with van der Waals surface area (Å²) in [5, 5.41) is 3.94. The van der Waals surface area contributed by atoms with Gasteiger partial charge in [-0.2, -0.15) is 5.10 Å². The molecule has 0 radical (unpaired) electrons. The Hall–Kier alpha value is -5.44. The number of hydrogen-bond acceptors (Lipinski definition) is 6. The monoisotopic (exact) mass is 561 g/mol. The lowest BCUT2D eigenvalue weighted by atomic mass is 10.2. The highest BCUT2D eigenvalue weighted by Crippen LogP contribution is 2.22. The predicted octanol–water partition coefficient (Wildman–Crippen LogP) is 4.53. The third kappa shape index (κ3) is 5.71. The molecule has 4 aromatic carbocycles. The van der Waals surface area contributed by atoms with Crippen LogP contribution < -0.4 is 31.5 Å². The molecule has 5 rings (SSSR count). The molecule has 0 aliphatic rings. The van der Waals surface area contributed by atoms with Crippen molar-refractivity contribution >= 4 is 28.3 Å². The largest absolute Gasteiger partial charge is 0.497 e. The summed E-state index contributed by atoms with van der Waals surface area (Å²) < 4.78 is 8.04. The number of nitrogens with one attached hydrogen (secondary N) is 1. The van der Waals surface area contributed by atoms with Crippen LogP contribution in [0.5, 0.6) is 5.75 Å². The van der Waals surface area contributed by atoms with Gasteiger partial charge in [-0.05, 0) is 74.5 Å². The third-order valence-electron chi connectivity index (χ3n) is 6.78. The number of ether oxygens (including phenoxy) is 1. The van der Waals surface area contributed by atoms with Crippen LogP contribution in [0.4, 0.5) is 11.4 Å². The van der Waals surface area contributed by atoms with E-state index < -0.39 is 11.1 Å². The second-order valence-corrected chi connectivity index (χ2v) is 9.85. The van der Waals surface area contributed by atoms with Crippen LogP contribution in [0.1, 0.15) is 13.8 Å². The number of anilines is 2. The summed E-state index contributed by atoms with van der Waals surface area (Å²) in [6.07, 6.45) is 0. The zero-order chi connectivity index (χ0) is 29.6. The number of carbonyl (C=O) groups excluding carboxylic acids is 1. The fourth-order valence-electron chi connectivity index (χ4n) is 4.83. The number of carbonyl (C=O) groups is 1. The normalized spacial score (nSPS) is 11.5. The second-order valence-electron chi connectivity index (χ2n) is 9.85. The molecule has 0 saturated carbocycles. The highest BCUT2D eigenvalue weighted by Gasteiger charge is 2.22. The standard InChI is InChI=1S/C33H31N5O4/c1-23(2)37(26-18-20-27(42-3)21-19-26)30(39)22-36-28-16-10-11-17-29(28)38(25-14-8-5-9-15-25)33(41)31(32(36)40)35-34-24-12-6-4-7-13-24/h4-21,23,34H,22H2,1-3H3. The summed E-state index contributed by atoms with van der Waals surface area (Å²) in [7, 11) is 1.58. The van der Waals surface area contributed by atoms with E-state index in [0.29, 0.717) is 33.8 Å². The number of fused-ring (bicyclic) bond motifs is 1. The van der Waals surface area contributed by atoms with E-state index in [0.717, 1.165) is 0 Å². The molecule has 0 atom stereocenters. The molecule has 0 spiro atoms. The van der Waals surface area contributed by atoms with E-state index in [2.05, 4.69) is 10.5 Å². The van der Waals surface area contributed by atoms with E-state index in [1.165, 1.54) is 9.13 Å². The number of para-hydroxylation sites is 4. The van der Waals surface area contributed by atoms with Crippen molar-refractivity contribution in [1.29, 1.82) is 0 Å². The molecule has 9 heteroatoms. The molecule has 1 aromatic heterocycles. The Labute approximate surface area is 242 Å². The molecule has 0 unspecified atom stereocenters. The SMILES string of the molecule is COc1ccc(N(C(=O)Cn2c(=O)c(=NNc3ccccc3)c(=O)n(-c3ccccc3)c3ccccc32)C(C)C)cc1. The van der Waals surface area contributed by atoms with Gasteiger partial charge in [-0.3, -0.25) is 28.9 Å². The molecule has 1 amide bonds. The van der Waals surface area contributed by atoms with E-state index in [-0.39, 0.29) is 23.9 Å². The molecule has 0 aliphatic heterocycles. The minimum atomic E-state index is -0.693. The number of methoxy groups -OCH3 is 1. The first kappa shape index (κ1) is 28.1. The summed E-state index contributed by atoms with van der Waals surface area (Å²) in [5.41, 5.74) is 4.22. The molecular formula is C33H31N5O4. The Morgan fingerprint density at radius 1 is 0.810 bits per heavy atom. The summed E-state index contributed by atoms with van der Waals surface area (Å²) in [5.74, 6) is 0.340. The Morgan fingerprint density at radius 3 is 2.02 bits per heavy atom. The van der Waals surface area contributed by atoms with Gasteiger partial charge in [0, 0.05) is 17.4 Å². The molecule has 9 nitrogen and oxygen atoms in total.